The Morgan fingerprint density at radius 3 is 1.93 bits per heavy atom. The van der Waals surface area contributed by atoms with Crippen molar-refractivity contribution in [3.05, 3.63) is 142 Å². The zero-order valence-corrected chi connectivity index (χ0v) is 23.7. The van der Waals surface area contributed by atoms with Crippen LogP contribution in [0.1, 0.15) is 27.7 Å². The highest BCUT2D eigenvalue weighted by molar-refractivity contribution is 5.94. The molecule has 9 heteroatoms. The molecule has 0 spiro atoms. The summed E-state index contributed by atoms with van der Waals surface area (Å²) >= 11 is 0. The average molecular weight is 574 g/mol. The van der Waals surface area contributed by atoms with Crippen LogP contribution in [0.2, 0.25) is 0 Å². The fraction of sp³-hybridized carbons (Fsp3) is 0.176. The van der Waals surface area contributed by atoms with Gasteiger partial charge in [-0.25, -0.2) is 4.68 Å². The minimum absolute atomic E-state index is 0.00295. The number of carbonyl (C=O) groups is 1. The summed E-state index contributed by atoms with van der Waals surface area (Å²) in [5.74, 6) is 0.578. The molecule has 0 bridgehead atoms. The predicted molar refractivity (Wildman–Crippen MR) is 164 cm³/mol. The summed E-state index contributed by atoms with van der Waals surface area (Å²) in [5, 5.41) is 15.9. The number of nitro benzene ring substituents is 1. The van der Waals surface area contributed by atoms with E-state index in [-0.39, 0.29) is 17.6 Å². The minimum Gasteiger partial charge on any atom is -0.497 e. The maximum absolute atomic E-state index is 14.1. The lowest BCUT2D eigenvalue weighted by Gasteiger charge is -2.39. The molecule has 1 fully saturated rings. The van der Waals surface area contributed by atoms with Gasteiger partial charge < -0.3 is 9.64 Å². The molecule has 0 radical (unpaired) electrons. The normalized spacial score (nSPS) is 13.7. The number of amides is 1. The van der Waals surface area contributed by atoms with Crippen molar-refractivity contribution in [1.82, 2.24) is 19.6 Å². The zero-order chi connectivity index (χ0) is 29.8. The first kappa shape index (κ1) is 27.9. The van der Waals surface area contributed by atoms with E-state index >= 15 is 0 Å². The van der Waals surface area contributed by atoms with Crippen LogP contribution in [0.5, 0.6) is 5.75 Å². The van der Waals surface area contributed by atoms with E-state index in [1.165, 1.54) is 23.3 Å². The molecule has 2 heterocycles. The van der Waals surface area contributed by atoms with Crippen LogP contribution in [0.25, 0.3) is 16.9 Å². The van der Waals surface area contributed by atoms with Crippen molar-refractivity contribution in [3.8, 4) is 22.7 Å². The van der Waals surface area contributed by atoms with E-state index in [2.05, 4.69) is 53.4 Å². The smallest absolute Gasteiger partial charge is 0.272 e. The van der Waals surface area contributed by atoms with Crippen LogP contribution in [0.3, 0.4) is 0 Å². The van der Waals surface area contributed by atoms with E-state index < -0.39 is 4.92 Å². The second-order valence-corrected chi connectivity index (χ2v) is 10.4. The van der Waals surface area contributed by atoms with Crippen LogP contribution in [0.4, 0.5) is 5.69 Å². The topological polar surface area (TPSA) is 93.7 Å². The number of methoxy groups -OCH3 is 1. The van der Waals surface area contributed by atoms with Gasteiger partial charge in [0.2, 0.25) is 0 Å². The molecule has 43 heavy (non-hydrogen) atoms. The molecule has 0 saturated carbocycles. The van der Waals surface area contributed by atoms with Gasteiger partial charge in [0.25, 0.3) is 11.6 Å². The first-order valence-electron chi connectivity index (χ1n) is 14.1. The van der Waals surface area contributed by atoms with Crippen LogP contribution in [-0.4, -0.2) is 63.7 Å². The maximum atomic E-state index is 14.1. The Balaban J connectivity index is 1.28. The van der Waals surface area contributed by atoms with E-state index in [1.54, 1.807) is 30.0 Å². The molecule has 1 amide bonds. The Kier molecular flexibility index (Phi) is 7.97. The van der Waals surface area contributed by atoms with Crippen molar-refractivity contribution in [2.75, 3.05) is 33.3 Å². The monoisotopic (exact) mass is 573 g/mol. The highest BCUT2D eigenvalue weighted by Gasteiger charge is 2.30. The number of ether oxygens (including phenoxy) is 1. The fourth-order valence-electron chi connectivity index (χ4n) is 5.58. The number of benzene rings is 4. The van der Waals surface area contributed by atoms with Crippen molar-refractivity contribution in [2.45, 2.75) is 6.04 Å². The molecule has 9 nitrogen and oxygen atoms in total. The van der Waals surface area contributed by atoms with Crippen molar-refractivity contribution in [1.29, 1.82) is 0 Å². The standard InChI is InChI=1S/C34H31N5O4/c1-43-30-18-16-28(17-19-30)38-32(24-31(35-38)25-12-14-29(15-13-25)39(41)42)34(40)37-22-20-36(21-23-37)33(26-8-4-2-5-9-26)27-10-6-3-7-11-27/h2-19,24,33H,20-23H2,1H3. The molecule has 216 valence electrons. The lowest BCUT2D eigenvalue weighted by Crippen LogP contribution is -2.50. The Morgan fingerprint density at radius 1 is 0.814 bits per heavy atom. The average Bonchev–Trinajstić information content (AvgIpc) is 3.52. The van der Waals surface area contributed by atoms with Crippen LogP contribution in [0, 0.1) is 10.1 Å². The van der Waals surface area contributed by atoms with Crippen LogP contribution in [-0.2, 0) is 0 Å². The van der Waals surface area contributed by atoms with E-state index in [1.807, 2.05) is 41.3 Å². The quantitative estimate of drug-likeness (QED) is 0.167. The molecule has 0 atom stereocenters. The molecule has 1 aromatic heterocycles. The van der Waals surface area contributed by atoms with Crippen molar-refractivity contribution in [3.63, 3.8) is 0 Å². The van der Waals surface area contributed by atoms with Crippen molar-refractivity contribution in [2.24, 2.45) is 0 Å². The second kappa shape index (κ2) is 12.3. The third-order valence-corrected chi connectivity index (χ3v) is 7.82. The number of aromatic nitrogens is 2. The van der Waals surface area contributed by atoms with Gasteiger partial charge in [0.1, 0.15) is 11.4 Å². The zero-order valence-electron chi connectivity index (χ0n) is 23.7. The highest BCUT2D eigenvalue weighted by atomic mass is 16.6. The molecule has 1 aliphatic rings. The number of carbonyl (C=O) groups excluding carboxylic acids is 1. The molecular weight excluding hydrogens is 542 g/mol. The van der Waals surface area contributed by atoms with E-state index in [9.17, 15) is 14.9 Å². The minimum atomic E-state index is -0.436. The second-order valence-electron chi connectivity index (χ2n) is 10.4. The lowest BCUT2D eigenvalue weighted by molar-refractivity contribution is -0.384. The lowest BCUT2D eigenvalue weighted by atomic mass is 9.96. The highest BCUT2D eigenvalue weighted by Crippen LogP contribution is 2.30. The number of non-ortho nitro benzene ring substituents is 1. The summed E-state index contributed by atoms with van der Waals surface area (Å²) < 4.78 is 6.95. The Hall–Kier alpha value is -5.28. The molecule has 0 aliphatic carbocycles. The number of nitro groups is 1. The third-order valence-electron chi connectivity index (χ3n) is 7.82. The number of piperazine rings is 1. The molecule has 4 aromatic carbocycles. The van der Waals surface area contributed by atoms with Gasteiger partial charge in [0.05, 0.1) is 29.5 Å². The predicted octanol–water partition coefficient (Wildman–Crippen LogP) is 6.00. The first-order valence-corrected chi connectivity index (χ1v) is 14.1. The summed E-state index contributed by atoms with van der Waals surface area (Å²) in [6.07, 6.45) is 0. The van der Waals surface area contributed by atoms with Crippen LogP contribution < -0.4 is 4.74 Å². The molecule has 5 aromatic rings. The molecular formula is C34H31N5O4. The van der Waals surface area contributed by atoms with Gasteiger partial charge in [-0.15, -0.1) is 0 Å². The number of hydrogen-bond donors (Lipinski definition) is 0. The van der Waals surface area contributed by atoms with Crippen molar-refractivity contribution >= 4 is 11.6 Å². The molecule has 0 unspecified atom stereocenters. The Morgan fingerprint density at radius 2 is 1.40 bits per heavy atom. The number of rotatable bonds is 8. The molecule has 1 saturated heterocycles. The van der Waals surface area contributed by atoms with Gasteiger partial charge in [0, 0.05) is 43.9 Å². The summed E-state index contributed by atoms with van der Waals surface area (Å²) in [4.78, 5) is 29.1. The van der Waals surface area contributed by atoms with Crippen LogP contribution in [0.15, 0.2) is 115 Å². The van der Waals surface area contributed by atoms with Gasteiger partial charge >= 0.3 is 0 Å². The Bertz CT molecular complexity index is 1660. The van der Waals surface area contributed by atoms with Gasteiger partial charge in [-0.1, -0.05) is 60.7 Å². The van der Waals surface area contributed by atoms with E-state index in [0.29, 0.717) is 54.6 Å². The van der Waals surface area contributed by atoms with Gasteiger partial charge in [-0.2, -0.15) is 5.10 Å². The summed E-state index contributed by atoms with van der Waals surface area (Å²) in [5.41, 5.74) is 4.82. The number of nitrogens with zero attached hydrogens (tertiary/aromatic N) is 5. The fourth-order valence-corrected chi connectivity index (χ4v) is 5.58. The van der Waals surface area contributed by atoms with Gasteiger partial charge in [-0.3, -0.25) is 19.8 Å². The third kappa shape index (κ3) is 5.89. The van der Waals surface area contributed by atoms with Crippen LogP contribution >= 0.6 is 0 Å². The SMILES string of the molecule is COc1ccc(-n2nc(-c3ccc([N+](=O)[O-])cc3)cc2C(=O)N2CCN(C(c3ccccc3)c3ccccc3)CC2)cc1. The number of hydrogen-bond acceptors (Lipinski definition) is 6. The molecule has 0 N–H and O–H groups in total. The summed E-state index contributed by atoms with van der Waals surface area (Å²) in [6.45, 7) is 2.56. The van der Waals surface area contributed by atoms with E-state index in [4.69, 9.17) is 9.84 Å². The largest absolute Gasteiger partial charge is 0.497 e. The molecule has 6 rings (SSSR count). The van der Waals surface area contributed by atoms with Gasteiger partial charge in [-0.05, 0) is 53.6 Å². The molecule has 1 aliphatic heterocycles. The van der Waals surface area contributed by atoms with E-state index in [0.717, 1.165) is 0 Å². The Labute approximate surface area is 249 Å². The summed E-state index contributed by atoms with van der Waals surface area (Å²) in [6, 6.07) is 36.3. The van der Waals surface area contributed by atoms with Gasteiger partial charge in [0.15, 0.2) is 0 Å². The van der Waals surface area contributed by atoms with Crippen molar-refractivity contribution < 1.29 is 14.5 Å². The summed E-state index contributed by atoms with van der Waals surface area (Å²) in [7, 11) is 1.60. The first-order chi connectivity index (χ1) is 21.0. The maximum Gasteiger partial charge on any atom is 0.272 e.